The summed E-state index contributed by atoms with van der Waals surface area (Å²) >= 11 is 0. The maximum Gasteiger partial charge on any atom is 0.307 e. The largest absolute Gasteiger partial charge is 0.481 e. The van der Waals surface area contributed by atoms with Crippen LogP contribution in [0.15, 0.2) is 77.7 Å². The number of unbranched alkanes of at least 4 members (excludes halogenated alkanes) is 1. The summed E-state index contributed by atoms with van der Waals surface area (Å²) in [6, 6.07) is 22.1. The van der Waals surface area contributed by atoms with Crippen LogP contribution in [0.5, 0.6) is 0 Å². The second kappa shape index (κ2) is 11.3. The van der Waals surface area contributed by atoms with Crippen LogP contribution in [0.1, 0.15) is 47.6 Å². The van der Waals surface area contributed by atoms with Gasteiger partial charge in [0, 0.05) is 13.1 Å². The molecular formula is C27H31NO4S. The van der Waals surface area contributed by atoms with Crippen LogP contribution in [0.25, 0.3) is 0 Å². The minimum absolute atomic E-state index is 0.0994. The number of carboxylic acids is 1. The van der Waals surface area contributed by atoms with E-state index in [1.54, 1.807) is 42.5 Å². The summed E-state index contributed by atoms with van der Waals surface area (Å²) in [5, 5.41) is 9.10. The molecule has 0 aromatic heterocycles. The minimum atomic E-state index is -3.76. The molecular weight excluding hydrogens is 434 g/mol. The van der Waals surface area contributed by atoms with E-state index >= 15 is 0 Å². The Morgan fingerprint density at radius 2 is 1.45 bits per heavy atom. The zero-order chi connectivity index (χ0) is 23.8. The van der Waals surface area contributed by atoms with Gasteiger partial charge in [-0.3, -0.25) is 4.79 Å². The Bertz CT molecular complexity index is 1170. The van der Waals surface area contributed by atoms with Crippen molar-refractivity contribution in [1.29, 1.82) is 0 Å². The van der Waals surface area contributed by atoms with Crippen LogP contribution in [-0.2, 0) is 40.7 Å². The molecule has 0 bridgehead atoms. The van der Waals surface area contributed by atoms with Gasteiger partial charge in [-0.05, 0) is 54.2 Å². The highest BCUT2D eigenvalue weighted by atomic mass is 32.2. The molecule has 0 unspecified atom stereocenters. The lowest BCUT2D eigenvalue weighted by atomic mass is 10.1. The molecule has 3 aromatic rings. The Kier molecular flexibility index (Phi) is 8.42. The monoisotopic (exact) mass is 465 g/mol. The van der Waals surface area contributed by atoms with E-state index in [0.717, 1.165) is 36.0 Å². The van der Waals surface area contributed by atoms with E-state index in [9.17, 15) is 13.2 Å². The van der Waals surface area contributed by atoms with Crippen LogP contribution in [0.3, 0.4) is 0 Å². The number of rotatable bonds is 11. The van der Waals surface area contributed by atoms with Crippen LogP contribution in [0.2, 0.25) is 0 Å². The highest BCUT2D eigenvalue weighted by Gasteiger charge is 2.25. The van der Waals surface area contributed by atoms with E-state index in [2.05, 4.69) is 19.1 Å². The molecule has 3 rings (SSSR count). The van der Waals surface area contributed by atoms with Crippen molar-refractivity contribution in [3.63, 3.8) is 0 Å². The first-order chi connectivity index (χ1) is 15.8. The highest BCUT2D eigenvalue weighted by Crippen LogP contribution is 2.23. The van der Waals surface area contributed by atoms with Crippen molar-refractivity contribution in [3.8, 4) is 0 Å². The predicted molar refractivity (Wildman–Crippen MR) is 130 cm³/mol. The summed E-state index contributed by atoms with van der Waals surface area (Å²) in [4.78, 5) is 11.3. The van der Waals surface area contributed by atoms with E-state index in [1.165, 1.54) is 9.87 Å². The Labute approximate surface area is 196 Å². The van der Waals surface area contributed by atoms with Crippen molar-refractivity contribution < 1.29 is 18.3 Å². The smallest absolute Gasteiger partial charge is 0.307 e. The zero-order valence-electron chi connectivity index (χ0n) is 19.2. The van der Waals surface area contributed by atoms with E-state index in [0.29, 0.717) is 5.56 Å². The lowest BCUT2D eigenvalue weighted by molar-refractivity contribution is -0.136. The summed E-state index contributed by atoms with van der Waals surface area (Å²) in [6.07, 6.45) is 3.17. The number of nitrogens with zero attached hydrogens (tertiary/aromatic N) is 1. The predicted octanol–water partition coefficient (Wildman–Crippen LogP) is 5.36. The first-order valence-corrected chi connectivity index (χ1v) is 12.7. The highest BCUT2D eigenvalue weighted by molar-refractivity contribution is 7.89. The fraction of sp³-hybridized carbons (Fsp3) is 0.296. The summed E-state index contributed by atoms with van der Waals surface area (Å²) in [6.45, 7) is 4.46. The number of hydrogen-bond acceptors (Lipinski definition) is 3. The first-order valence-electron chi connectivity index (χ1n) is 11.2. The van der Waals surface area contributed by atoms with Gasteiger partial charge in [-0.2, -0.15) is 4.31 Å². The number of aliphatic carboxylic acids is 1. The lowest BCUT2D eigenvalue weighted by Crippen LogP contribution is -2.30. The Morgan fingerprint density at radius 1 is 0.848 bits per heavy atom. The lowest BCUT2D eigenvalue weighted by Gasteiger charge is -2.23. The average Bonchev–Trinajstić information content (AvgIpc) is 2.78. The van der Waals surface area contributed by atoms with Gasteiger partial charge in [0.2, 0.25) is 10.0 Å². The minimum Gasteiger partial charge on any atom is -0.481 e. The normalized spacial score (nSPS) is 11.6. The van der Waals surface area contributed by atoms with Gasteiger partial charge in [0.25, 0.3) is 0 Å². The fourth-order valence-corrected chi connectivity index (χ4v) is 5.11. The molecule has 0 saturated heterocycles. The number of aryl methyl sites for hydroxylation is 2. The third-order valence-electron chi connectivity index (χ3n) is 5.57. The number of benzene rings is 3. The molecule has 0 amide bonds. The number of carbonyl (C=O) groups is 1. The molecule has 0 saturated carbocycles. The zero-order valence-corrected chi connectivity index (χ0v) is 20.0. The number of sulfonamides is 1. The van der Waals surface area contributed by atoms with Crippen molar-refractivity contribution in [3.05, 3.63) is 101 Å². The van der Waals surface area contributed by atoms with Crippen LogP contribution in [-0.4, -0.2) is 23.8 Å². The van der Waals surface area contributed by atoms with Crippen LogP contribution >= 0.6 is 0 Å². The number of carboxylic acid groups (broad SMARTS) is 1. The van der Waals surface area contributed by atoms with Crippen LogP contribution in [0.4, 0.5) is 0 Å². The van der Waals surface area contributed by atoms with Crippen LogP contribution in [0, 0.1) is 6.92 Å². The van der Waals surface area contributed by atoms with Gasteiger partial charge >= 0.3 is 5.97 Å². The summed E-state index contributed by atoms with van der Waals surface area (Å²) in [7, 11) is -3.76. The molecule has 0 fully saturated rings. The maximum absolute atomic E-state index is 13.6. The fourth-order valence-electron chi connectivity index (χ4n) is 3.70. The molecule has 6 heteroatoms. The molecule has 0 heterocycles. The molecule has 1 N–H and O–H groups in total. The second-order valence-corrected chi connectivity index (χ2v) is 10.3. The van der Waals surface area contributed by atoms with Crippen LogP contribution < -0.4 is 0 Å². The SMILES string of the molecule is CCCCc1ccc(CN(Cc2cccc(CC(=O)O)c2)S(=O)(=O)c2ccc(C)cc2)cc1. The summed E-state index contributed by atoms with van der Waals surface area (Å²) in [5.41, 5.74) is 4.55. The van der Waals surface area contributed by atoms with E-state index < -0.39 is 16.0 Å². The van der Waals surface area contributed by atoms with Gasteiger partial charge in [0.05, 0.1) is 11.3 Å². The quantitative estimate of drug-likeness (QED) is 0.414. The molecule has 33 heavy (non-hydrogen) atoms. The van der Waals surface area contributed by atoms with Crippen molar-refractivity contribution in [1.82, 2.24) is 4.31 Å². The van der Waals surface area contributed by atoms with Gasteiger partial charge < -0.3 is 5.11 Å². The van der Waals surface area contributed by atoms with Gasteiger partial charge in [-0.25, -0.2) is 8.42 Å². The van der Waals surface area contributed by atoms with Crippen molar-refractivity contribution >= 4 is 16.0 Å². The summed E-state index contributed by atoms with van der Waals surface area (Å²) in [5.74, 6) is -0.917. The molecule has 0 aliphatic rings. The molecule has 0 radical (unpaired) electrons. The Balaban J connectivity index is 1.91. The molecule has 0 spiro atoms. The Morgan fingerprint density at radius 3 is 2.09 bits per heavy atom. The third kappa shape index (κ3) is 7.01. The van der Waals surface area contributed by atoms with Gasteiger partial charge in [0.15, 0.2) is 0 Å². The first kappa shape index (κ1) is 24.7. The molecule has 0 atom stereocenters. The van der Waals surface area contributed by atoms with Crippen molar-refractivity contribution in [2.45, 2.75) is 57.5 Å². The van der Waals surface area contributed by atoms with Crippen molar-refractivity contribution in [2.75, 3.05) is 0 Å². The standard InChI is InChI=1S/C27H31NO4S/c1-3-4-6-22-11-13-23(14-12-22)19-28(33(31,32)26-15-9-21(2)10-16-26)20-25-8-5-7-24(17-25)18-27(29)30/h5,7-17H,3-4,6,18-20H2,1-2H3,(H,29,30). The maximum atomic E-state index is 13.6. The van der Waals surface area contributed by atoms with Gasteiger partial charge in [0.1, 0.15) is 0 Å². The summed E-state index contributed by atoms with van der Waals surface area (Å²) < 4.78 is 28.6. The molecule has 0 aliphatic carbocycles. The molecule has 3 aromatic carbocycles. The Hall–Kier alpha value is -2.96. The van der Waals surface area contributed by atoms with E-state index in [1.807, 2.05) is 25.1 Å². The van der Waals surface area contributed by atoms with Gasteiger partial charge in [-0.1, -0.05) is 79.6 Å². The van der Waals surface area contributed by atoms with E-state index in [4.69, 9.17) is 5.11 Å². The topological polar surface area (TPSA) is 74.7 Å². The second-order valence-electron chi connectivity index (χ2n) is 8.40. The molecule has 174 valence electrons. The average molecular weight is 466 g/mol. The third-order valence-corrected chi connectivity index (χ3v) is 7.37. The van der Waals surface area contributed by atoms with Crippen molar-refractivity contribution in [2.24, 2.45) is 0 Å². The molecule has 0 aliphatic heterocycles. The number of hydrogen-bond donors (Lipinski definition) is 1. The van der Waals surface area contributed by atoms with E-state index in [-0.39, 0.29) is 24.4 Å². The van der Waals surface area contributed by atoms with Gasteiger partial charge in [-0.15, -0.1) is 0 Å². The molecule has 5 nitrogen and oxygen atoms in total.